The van der Waals surface area contributed by atoms with Crippen molar-refractivity contribution in [2.75, 3.05) is 22.4 Å². The Bertz CT molecular complexity index is 1110. The number of carbonyl (C=O) groups excluding carboxylic acids is 1. The van der Waals surface area contributed by atoms with Crippen LogP contribution >= 0.6 is 11.8 Å². The average molecular weight is 441 g/mol. The predicted molar refractivity (Wildman–Crippen MR) is 124 cm³/mol. The van der Waals surface area contributed by atoms with Crippen molar-refractivity contribution in [3.63, 3.8) is 0 Å². The third-order valence-electron chi connectivity index (χ3n) is 4.59. The van der Waals surface area contributed by atoms with E-state index in [1.54, 1.807) is 48.5 Å². The molecule has 0 fully saturated rings. The van der Waals surface area contributed by atoms with Crippen LogP contribution in [0.1, 0.15) is 11.1 Å². The van der Waals surface area contributed by atoms with E-state index in [9.17, 15) is 13.2 Å². The number of hydrogen-bond acceptors (Lipinski definition) is 4. The van der Waals surface area contributed by atoms with Gasteiger partial charge in [0.1, 0.15) is 6.54 Å². The molecule has 3 aromatic carbocycles. The fourth-order valence-corrected chi connectivity index (χ4v) is 4.70. The molecule has 7 heteroatoms. The number of benzene rings is 3. The molecule has 0 heterocycles. The van der Waals surface area contributed by atoms with Crippen LogP contribution in [0.2, 0.25) is 0 Å². The first-order valence-corrected chi connectivity index (χ1v) is 12.1. The first-order valence-electron chi connectivity index (χ1n) is 9.39. The summed E-state index contributed by atoms with van der Waals surface area (Å²) in [6.07, 6.45) is 1.93. The third-order valence-corrected chi connectivity index (χ3v) is 7.12. The van der Waals surface area contributed by atoms with Crippen molar-refractivity contribution in [2.45, 2.75) is 23.6 Å². The predicted octanol–water partition coefficient (Wildman–Crippen LogP) is 4.86. The zero-order valence-electron chi connectivity index (χ0n) is 17.1. The molecule has 0 bridgehead atoms. The zero-order chi connectivity index (χ0) is 21.7. The normalized spacial score (nSPS) is 11.2. The molecule has 0 atom stereocenters. The molecule has 0 aliphatic carbocycles. The molecule has 156 valence electrons. The summed E-state index contributed by atoms with van der Waals surface area (Å²) in [7, 11) is -3.92. The lowest BCUT2D eigenvalue weighted by atomic mass is 10.2. The van der Waals surface area contributed by atoms with E-state index in [1.165, 1.54) is 11.8 Å². The minimum Gasteiger partial charge on any atom is -0.325 e. The number of sulfonamides is 1. The van der Waals surface area contributed by atoms with Crippen LogP contribution in [-0.2, 0) is 14.8 Å². The van der Waals surface area contributed by atoms with E-state index in [4.69, 9.17) is 0 Å². The Morgan fingerprint density at radius 3 is 1.93 bits per heavy atom. The second kappa shape index (κ2) is 9.36. The van der Waals surface area contributed by atoms with Gasteiger partial charge in [-0.2, -0.15) is 0 Å². The largest absolute Gasteiger partial charge is 0.325 e. The molecule has 0 aromatic heterocycles. The van der Waals surface area contributed by atoms with Gasteiger partial charge in [-0.05, 0) is 68.6 Å². The lowest BCUT2D eigenvalue weighted by molar-refractivity contribution is -0.114. The van der Waals surface area contributed by atoms with E-state index in [0.29, 0.717) is 11.4 Å². The molecule has 0 aliphatic heterocycles. The minimum absolute atomic E-state index is 0.143. The fourth-order valence-electron chi connectivity index (χ4n) is 2.87. The SMILES string of the molecule is CSc1ccc(S(=O)(=O)N(CC(=O)Nc2ccc(C)cc2)c2ccc(C)cc2)cc1. The molecular formula is C23H24N2O3S2. The summed E-state index contributed by atoms with van der Waals surface area (Å²) in [5, 5.41) is 2.77. The number of nitrogens with one attached hydrogen (secondary N) is 1. The van der Waals surface area contributed by atoms with Gasteiger partial charge < -0.3 is 5.32 Å². The number of aryl methyl sites for hydroxylation is 2. The fraction of sp³-hybridized carbons (Fsp3) is 0.174. The average Bonchev–Trinajstić information content (AvgIpc) is 2.74. The maximum atomic E-state index is 13.4. The highest BCUT2D eigenvalue weighted by Crippen LogP contribution is 2.26. The van der Waals surface area contributed by atoms with Crippen molar-refractivity contribution in [1.82, 2.24) is 0 Å². The van der Waals surface area contributed by atoms with Gasteiger partial charge in [0.2, 0.25) is 5.91 Å². The van der Waals surface area contributed by atoms with Crippen LogP contribution in [0.5, 0.6) is 0 Å². The quantitative estimate of drug-likeness (QED) is 0.533. The smallest absolute Gasteiger partial charge is 0.264 e. The van der Waals surface area contributed by atoms with Gasteiger partial charge in [-0.3, -0.25) is 9.10 Å². The van der Waals surface area contributed by atoms with Crippen LogP contribution in [0.3, 0.4) is 0 Å². The van der Waals surface area contributed by atoms with Crippen LogP contribution in [-0.4, -0.2) is 27.1 Å². The van der Waals surface area contributed by atoms with E-state index in [1.807, 2.05) is 44.4 Å². The maximum Gasteiger partial charge on any atom is 0.264 e. The highest BCUT2D eigenvalue weighted by Gasteiger charge is 2.27. The highest BCUT2D eigenvalue weighted by molar-refractivity contribution is 7.98. The first kappa shape index (κ1) is 21.9. The number of anilines is 2. The number of nitrogens with zero attached hydrogens (tertiary/aromatic N) is 1. The molecule has 30 heavy (non-hydrogen) atoms. The van der Waals surface area contributed by atoms with E-state index in [2.05, 4.69) is 5.32 Å². The van der Waals surface area contributed by atoms with Gasteiger partial charge in [-0.15, -0.1) is 11.8 Å². The van der Waals surface area contributed by atoms with Crippen LogP contribution in [0.4, 0.5) is 11.4 Å². The van der Waals surface area contributed by atoms with Crippen molar-refractivity contribution in [3.8, 4) is 0 Å². The van der Waals surface area contributed by atoms with Gasteiger partial charge in [0.15, 0.2) is 0 Å². The summed E-state index contributed by atoms with van der Waals surface area (Å²) >= 11 is 1.53. The van der Waals surface area contributed by atoms with Gasteiger partial charge in [-0.25, -0.2) is 8.42 Å². The second-order valence-electron chi connectivity index (χ2n) is 6.94. The Morgan fingerprint density at radius 2 is 1.40 bits per heavy atom. The highest BCUT2D eigenvalue weighted by atomic mass is 32.2. The summed E-state index contributed by atoms with van der Waals surface area (Å²) in [4.78, 5) is 13.8. The van der Waals surface area contributed by atoms with E-state index >= 15 is 0 Å². The minimum atomic E-state index is -3.92. The number of hydrogen-bond donors (Lipinski definition) is 1. The maximum absolute atomic E-state index is 13.4. The van der Waals surface area contributed by atoms with E-state index in [-0.39, 0.29) is 11.4 Å². The van der Waals surface area contributed by atoms with Gasteiger partial charge in [0.25, 0.3) is 10.0 Å². The Balaban J connectivity index is 1.92. The van der Waals surface area contributed by atoms with Crippen molar-refractivity contribution in [2.24, 2.45) is 0 Å². The Hall–Kier alpha value is -2.77. The topological polar surface area (TPSA) is 66.5 Å². The third kappa shape index (κ3) is 5.23. The molecule has 0 unspecified atom stereocenters. The van der Waals surface area contributed by atoms with Gasteiger partial charge in [-0.1, -0.05) is 35.4 Å². The van der Waals surface area contributed by atoms with Gasteiger partial charge in [0.05, 0.1) is 10.6 Å². The van der Waals surface area contributed by atoms with Gasteiger partial charge >= 0.3 is 0 Å². The van der Waals surface area contributed by atoms with Crippen molar-refractivity contribution in [1.29, 1.82) is 0 Å². The molecule has 0 aliphatic rings. The molecule has 3 rings (SSSR count). The summed E-state index contributed by atoms with van der Waals surface area (Å²) in [6.45, 7) is 3.55. The molecule has 5 nitrogen and oxygen atoms in total. The van der Waals surface area contributed by atoms with Crippen molar-refractivity contribution in [3.05, 3.63) is 83.9 Å². The lowest BCUT2D eigenvalue weighted by Gasteiger charge is -2.24. The number of amides is 1. The standard InChI is InChI=1S/C23H24N2O3S2/c1-17-4-8-19(9-5-17)24-23(26)16-25(20-10-6-18(2)7-11-20)30(27,28)22-14-12-21(29-3)13-15-22/h4-15H,16H2,1-3H3,(H,24,26). The molecule has 1 N–H and O–H groups in total. The number of rotatable bonds is 7. The van der Waals surface area contributed by atoms with Crippen LogP contribution in [0.15, 0.2) is 82.6 Å². The lowest BCUT2D eigenvalue weighted by Crippen LogP contribution is -2.38. The van der Waals surface area contributed by atoms with Crippen LogP contribution < -0.4 is 9.62 Å². The summed E-state index contributed by atoms with van der Waals surface area (Å²) in [6, 6.07) is 21.1. The molecular weight excluding hydrogens is 416 g/mol. The number of thioether (sulfide) groups is 1. The molecule has 0 saturated heterocycles. The second-order valence-corrected chi connectivity index (χ2v) is 9.68. The van der Waals surface area contributed by atoms with Gasteiger partial charge in [0, 0.05) is 10.6 Å². The molecule has 0 spiro atoms. The van der Waals surface area contributed by atoms with E-state index < -0.39 is 15.9 Å². The summed E-state index contributed by atoms with van der Waals surface area (Å²) in [5.74, 6) is -0.413. The number of carbonyl (C=O) groups is 1. The Morgan fingerprint density at radius 1 is 0.867 bits per heavy atom. The Kier molecular flexibility index (Phi) is 6.84. The molecule has 3 aromatic rings. The zero-order valence-corrected chi connectivity index (χ0v) is 18.8. The molecule has 1 amide bonds. The summed E-state index contributed by atoms with van der Waals surface area (Å²) in [5.41, 5.74) is 3.14. The van der Waals surface area contributed by atoms with Crippen LogP contribution in [0.25, 0.3) is 0 Å². The molecule has 0 radical (unpaired) electrons. The van der Waals surface area contributed by atoms with Crippen molar-refractivity contribution < 1.29 is 13.2 Å². The van der Waals surface area contributed by atoms with Crippen LogP contribution in [0, 0.1) is 13.8 Å². The van der Waals surface area contributed by atoms with Crippen molar-refractivity contribution >= 4 is 39.1 Å². The first-order chi connectivity index (χ1) is 14.3. The van der Waals surface area contributed by atoms with E-state index in [0.717, 1.165) is 20.3 Å². The monoisotopic (exact) mass is 440 g/mol. The Labute approximate surface area is 182 Å². The summed E-state index contributed by atoms with van der Waals surface area (Å²) < 4.78 is 27.9. The molecule has 0 saturated carbocycles.